The van der Waals surface area contributed by atoms with E-state index >= 15 is 0 Å². The zero-order valence-electron chi connectivity index (χ0n) is 33.4. The molecule has 0 fully saturated rings. The van der Waals surface area contributed by atoms with Crippen LogP contribution < -0.4 is 47.5 Å². The first-order valence-corrected chi connectivity index (χ1v) is 25.9. The fourth-order valence-electron chi connectivity index (χ4n) is 6.89. The molecule has 0 amide bonds. The van der Waals surface area contributed by atoms with Gasteiger partial charge < -0.3 is 5.11 Å². The van der Waals surface area contributed by atoms with Gasteiger partial charge in [-0.3, -0.25) is 0 Å². The third-order valence-corrected chi connectivity index (χ3v) is 20.4. The van der Waals surface area contributed by atoms with Crippen molar-refractivity contribution in [1.82, 2.24) is 0 Å². The van der Waals surface area contributed by atoms with Crippen LogP contribution in [-0.4, -0.2) is 24.6 Å². The molecular weight excluding hydrogens is 987 g/mol. The van der Waals surface area contributed by atoms with Gasteiger partial charge in [-0.1, -0.05) is 243 Å². The standard InChI is InChI=1S/2C26H24P2.CHNO.Au/c2*1-5-13-23(14-6-1)27(24-15-7-2-8-16-24)21-22-28(25-17-9-3-10-18-25)26-19-11-4-12-20-26;2-1-3;/h2*1-20H,21-22H2;3H;/q;;;+1/p-1. The molecule has 0 unspecified atom stereocenters. The molecule has 0 heterocycles. The van der Waals surface area contributed by atoms with Crippen molar-refractivity contribution in [1.29, 1.82) is 5.26 Å². The Morgan fingerprint density at radius 3 is 0.467 bits per heavy atom. The Hall–Kier alpha value is -4.49. The summed E-state index contributed by atoms with van der Waals surface area (Å²) in [5, 5.41) is 26.8. The summed E-state index contributed by atoms with van der Waals surface area (Å²) in [4.78, 5) is 0. The Bertz CT molecular complexity index is 1870. The van der Waals surface area contributed by atoms with Gasteiger partial charge >= 0.3 is 22.4 Å². The van der Waals surface area contributed by atoms with E-state index in [2.05, 4.69) is 243 Å². The van der Waals surface area contributed by atoms with E-state index in [0.29, 0.717) is 6.26 Å². The first kappa shape index (κ1) is 46.6. The molecule has 0 spiro atoms. The normalized spacial score (nSPS) is 10.4. The van der Waals surface area contributed by atoms with E-state index in [4.69, 9.17) is 10.4 Å². The first-order valence-electron chi connectivity index (χ1n) is 19.8. The maximum Gasteiger partial charge on any atom is 1.00 e. The van der Waals surface area contributed by atoms with Crippen molar-refractivity contribution >= 4 is 74.1 Å². The van der Waals surface area contributed by atoms with E-state index in [1.807, 2.05) is 0 Å². The van der Waals surface area contributed by atoms with Gasteiger partial charge in [0.15, 0.2) is 0 Å². The number of hydrogen-bond donors (Lipinski definition) is 0. The van der Waals surface area contributed by atoms with Gasteiger partial charge in [-0.25, -0.2) is 5.26 Å². The van der Waals surface area contributed by atoms with Crippen LogP contribution in [0.3, 0.4) is 0 Å². The topological polar surface area (TPSA) is 46.8 Å². The van der Waals surface area contributed by atoms with Crippen molar-refractivity contribution in [3.05, 3.63) is 243 Å². The van der Waals surface area contributed by atoms with Gasteiger partial charge in [-0.05, 0) is 98.8 Å². The molecule has 0 aromatic heterocycles. The van der Waals surface area contributed by atoms with Crippen molar-refractivity contribution in [2.75, 3.05) is 24.6 Å². The Kier molecular flexibility index (Phi) is 20.7. The minimum absolute atomic E-state index is 0. The maximum atomic E-state index is 8.24. The van der Waals surface area contributed by atoms with Crippen molar-refractivity contribution < 1.29 is 27.5 Å². The zero-order chi connectivity index (χ0) is 40.7. The summed E-state index contributed by atoms with van der Waals surface area (Å²) in [7, 11) is -1.39. The number of nitriles is 1. The van der Waals surface area contributed by atoms with Crippen molar-refractivity contribution in [2.45, 2.75) is 0 Å². The van der Waals surface area contributed by atoms with Gasteiger partial charge in [0.25, 0.3) is 0 Å². The van der Waals surface area contributed by atoms with Gasteiger partial charge in [0.2, 0.25) is 0 Å². The molecule has 60 heavy (non-hydrogen) atoms. The summed E-state index contributed by atoms with van der Waals surface area (Å²) in [5.74, 6) is 0. The average molecular weight is 1040 g/mol. The summed E-state index contributed by atoms with van der Waals surface area (Å²) in [6.45, 7) is 0. The molecule has 0 aliphatic heterocycles. The summed E-state index contributed by atoms with van der Waals surface area (Å²) in [6, 6.07) is 88.4. The van der Waals surface area contributed by atoms with Crippen LogP contribution in [0, 0.1) is 11.5 Å². The number of nitrogens with zero attached hydrogens (tertiary/aromatic N) is 1. The number of hydrogen-bond acceptors (Lipinski definition) is 2. The molecule has 8 rings (SSSR count). The van der Waals surface area contributed by atoms with Crippen LogP contribution in [-0.2, 0) is 22.4 Å². The summed E-state index contributed by atoms with van der Waals surface area (Å²) in [5.41, 5.74) is 0. The second-order valence-electron chi connectivity index (χ2n) is 13.4. The van der Waals surface area contributed by atoms with Crippen LogP contribution >= 0.6 is 31.7 Å². The molecule has 0 aliphatic rings. The van der Waals surface area contributed by atoms with E-state index in [1.54, 1.807) is 0 Å². The van der Waals surface area contributed by atoms with Gasteiger partial charge in [0, 0.05) is 6.26 Å². The minimum atomic E-state index is -0.348. The first-order chi connectivity index (χ1) is 29.2. The fourth-order valence-corrected chi connectivity index (χ4v) is 17.6. The molecule has 0 radical (unpaired) electrons. The van der Waals surface area contributed by atoms with Crippen LogP contribution in [0.2, 0.25) is 0 Å². The van der Waals surface area contributed by atoms with Crippen molar-refractivity contribution in [3.63, 3.8) is 0 Å². The van der Waals surface area contributed by atoms with Gasteiger partial charge in [-0.15, -0.1) is 0 Å². The second kappa shape index (κ2) is 26.7. The molecule has 0 saturated heterocycles. The van der Waals surface area contributed by atoms with Gasteiger partial charge in [0.05, 0.1) is 0 Å². The summed E-state index contributed by atoms with van der Waals surface area (Å²) < 4.78 is 0. The van der Waals surface area contributed by atoms with E-state index in [1.165, 1.54) is 67.1 Å². The molecule has 0 saturated carbocycles. The maximum absolute atomic E-state index is 8.24. The molecule has 0 N–H and O–H groups in total. The van der Waals surface area contributed by atoms with Crippen LogP contribution in [0.1, 0.15) is 0 Å². The van der Waals surface area contributed by atoms with Crippen LogP contribution in [0.15, 0.2) is 243 Å². The Labute approximate surface area is 377 Å². The Balaban J connectivity index is 0.000000210. The Morgan fingerprint density at radius 2 is 0.367 bits per heavy atom. The Morgan fingerprint density at radius 1 is 0.267 bits per heavy atom. The van der Waals surface area contributed by atoms with Crippen LogP contribution in [0.25, 0.3) is 0 Å². The van der Waals surface area contributed by atoms with Crippen molar-refractivity contribution in [3.8, 4) is 6.26 Å². The molecule has 8 aromatic carbocycles. The van der Waals surface area contributed by atoms with E-state index in [-0.39, 0.29) is 54.1 Å². The summed E-state index contributed by atoms with van der Waals surface area (Å²) >= 11 is 0. The monoisotopic (exact) mass is 1040 g/mol. The molecule has 302 valence electrons. The molecular formula is C53H48AuNOP4. The van der Waals surface area contributed by atoms with Crippen LogP contribution in [0.5, 0.6) is 0 Å². The summed E-state index contributed by atoms with van der Waals surface area (Å²) in [6.07, 6.45) is 5.33. The predicted octanol–water partition coefficient (Wildman–Crippen LogP) is 9.33. The quantitative estimate of drug-likeness (QED) is 0.0620. The smallest absolute Gasteiger partial charge is 0.812 e. The number of benzene rings is 8. The molecule has 0 aliphatic carbocycles. The minimum Gasteiger partial charge on any atom is -0.812 e. The van der Waals surface area contributed by atoms with E-state index < -0.39 is 0 Å². The average Bonchev–Trinajstić information content (AvgIpc) is 3.32. The largest absolute Gasteiger partial charge is 1.00 e. The van der Waals surface area contributed by atoms with Crippen LogP contribution in [0.4, 0.5) is 0 Å². The number of rotatable bonds is 14. The predicted molar refractivity (Wildman–Crippen MR) is 261 cm³/mol. The fraction of sp³-hybridized carbons (Fsp3) is 0.0755. The van der Waals surface area contributed by atoms with Gasteiger partial charge in [0.1, 0.15) is 0 Å². The van der Waals surface area contributed by atoms with E-state index in [9.17, 15) is 0 Å². The van der Waals surface area contributed by atoms with Gasteiger partial charge in [-0.2, -0.15) is 0 Å². The molecule has 0 bridgehead atoms. The molecule has 7 heteroatoms. The third kappa shape index (κ3) is 14.3. The van der Waals surface area contributed by atoms with Crippen molar-refractivity contribution in [2.24, 2.45) is 0 Å². The zero-order valence-corrected chi connectivity index (χ0v) is 39.1. The SMILES string of the molecule is N#C[O-].[Au+].c1ccc(P(CCP(c2ccccc2)c2ccccc2)c2ccccc2)cc1.c1ccc(P(CCP(c2ccccc2)c2ccccc2)c2ccccc2)cc1. The van der Waals surface area contributed by atoms with E-state index in [0.717, 1.165) is 0 Å². The molecule has 2 nitrogen and oxygen atoms in total. The second-order valence-corrected chi connectivity index (χ2v) is 22.7. The molecule has 8 aromatic rings. The third-order valence-electron chi connectivity index (χ3n) is 9.64. The molecule has 0 atom stereocenters.